The summed E-state index contributed by atoms with van der Waals surface area (Å²) in [6.07, 6.45) is 83.1. The van der Waals surface area contributed by atoms with Crippen LogP contribution in [-0.4, -0.2) is 87.5 Å². The maximum absolute atomic E-state index is 13.1. The van der Waals surface area contributed by atoms with Gasteiger partial charge < -0.3 is 40.3 Å². The van der Waals surface area contributed by atoms with E-state index in [-0.39, 0.29) is 18.9 Å². The average molecular weight is 1100 g/mol. The molecule has 1 rings (SSSR count). The van der Waals surface area contributed by atoms with Gasteiger partial charge in [-0.1, -0.05) is 262 Å². The van der Waals surface area contributed by atoms with Crippen molar-refractivity contribution in [3.8, 4) is 0 Å². The molecule has 0 aliphatic carbocycles. The first-order valence-electron chi connectivity index (χ1n) is 31.2. The van der Waals surface area contributed by atoms with E-state index < -0.39 is 49.5 Å². The topological polar surface area (TPSA) is 149 Å². The average Bonchev–Trinajstić information content (AvgIpc) is 3.48. The molecular weight excluding hydrogens is 983 g/mol. The van der Waals surface area contributed by atoms with Crippen molar-refractivity contribution < 1.29 is 39.8 Å². The van der Waals surface area contributed by atoms with Crippen molar-refractivity contribution in [2.75, 3.05) is 13.2 Å². The molecule has 0 radical (unpaired) electrons. The van der Waals surface area contributed by atoms with Crippen LogP contribution in [0.3, 0.4) is 0 Å². The van der Waals surface area contributed by atoms with Gasteiger partial charge in [0.05, 0.1) is 25.4 Å². The third-order valence-corrected chi connectivity index (χ3v) is 13.6. The van der Waals surface area contributed by atoms with Crippen molar-refractivity contribution in [1.29, 1.82) is 0 Å². The van der Waals surface area contributed by atoms with E-state index in [1.807, 2.05) is 6.08 Å². The Kier molecular flexibility index (Phi) is 52.6. The zero-order valence-electron chi connectivity index (χ0n) is 49.6. The molecule has 1 aliphatic heterocycles. The fourth-order valence-electron chi connectivity index (χ4n) is 8.72. The third kappa shape index (κ3) is 46.2. The molecule has 0 aromatic carbocycles. The van der Waals surface area contributed by atoms with E-state index in [0.29, 0.717) is 6.42 Å². The minimum absolute atomic E-state index is 0.216. The van der Waals surface area contributed by atoms with Crippen LogP contribution in [0.1, 0.15) is 219 Å². The summed E-state index contributed by atoms with van der Waals surface area (Å²) in [5.74, 6) is -0.225. The first-order valence-corrected chi connectivity index (χ1v) is 31.2. The smallest absolute Gasteiger partial charge is 0.220 e. The Morgan fingerprint density at radius 1 is 0.443 bits per heavy atom. The molecule has 0 saturated carbocycles. The number of carbonyl (C=O) groups is 1. The molecule has 0 aromatic rings. The fraction of sp³-hybridized carbons (Fsp3) is 0.614. The molecule has 1 aliphatic rings. The molecule has 1 heterocycles. The number of amides is 1. The van der Waals surface area contributed by atoms with Crippen LogP contribution < -0.4 is 5.32 Å². The Bertz CT molecular complexity index is 1800. The molecule has 6 N–H and O–H groups in total. The standard InChI is InChI=1S/C70H113NO8/c1-3-5-7-9-11-13-15-17-19-21-22-23-24-25-26-27-28-29-30-31-32-33-34-35-36-37-38-39-40-41-42-44-46-48-50-52-54-56-58-60-66(74)71-63(62-78-70-69(77)68(76)67(75)65(61-72)79-70)64(73)59-57-55-53-51-49-47-45-43-20-18-16-14-12-10-8-6-4-2/h5,7,11,13,17,19,22-23,25-26,28-29,31-32,34-35,37-38,40-41,44,46,50,52,57,59,63-65,67-70,72-73,75-77H,3-4,6,8-10,12,14-16,18,20-21,24,27,30,33,36,39,42-43,45,47-49,51,53-56,58,60-62H2,1-2H3,(H,71,74)/b7-5-,13-11-,19-17-,23-22-,26-25-,29-28-,32-31-,35-34-,38-37-,41-40-,46-44-,52-50-,59-57+. The van der Waals surface area contributed by atoms with E-state index in [9.17, 15) is 30.3 Å². The van der Waals surface area contributed by atoms with E-state index in [1.54, 1.807) is 6.08 Å². The van der Waals surface area contributed by atoms with Crippen molar-refractivity contribution in [3.63, 3.8) is 0 Å². The van der Waals surface area contributed by atoms with Gasteiger partial charge in [-0.05, 0) is 109 Å². The lowest BCUT2D eigenvalue weighted by atomic mass is 9.99. The highest BCUT2D eigenvalue weighted by Crippen LogP contribution is 2.23. The number of rotatable bonds is 51. The lowest BCUT2D eigenvalue weighted by molar-refractivity contribution is -0.302. The van der Waals surface area contributed by atoms with Crippen molar-refractivity contribution in [2.24, 2.45) is 0 Å². The predicted molar refractivity (Wildman–Crippen MR) is 336 cm³/mol. The van der Waals surface area contributed by atoms with Crippen molar-refractivity contribution in [1.82, 2.24) is 5.32 Å². The van der Waals surface area contributed by atoms with Gasteiger partial charge in [0.25, 0.3) is 0 Å². The van der Waals surface area contributed by atoms with Gasteiger partial charge >= 0.3 is 0 Å². The molecule has 1 fully saturated rings. The molecule has 1 saturated heterocycles. The van der Waals surface area contributed by atoms with E-state index in [0.717, 1.165) is 109 Å². The molecule has 1 amide bonds. The lowest BCUT2D eigenvalue weighted by Crippen LogP contribution is -2.60. The van der Waals surface area contributed by atoms with Crippen LogP contribution >= 0.6 is 0 Å². The minimum atomic E-state index is -1.58. The van der Waals surface area contributed by atoms with Gasteiger partial charge in [0.2, 0.25) is 5.91 Å². The summed E-state index contributed by atoms with van der Waals surface area (Å²) >= 11 is 0. The summed E-state index contributed by atoms with van der Waals surface area (Å²) in [6.45, 7) is 3.63. The van der Waals surface area contributed by atoms with Crippen molar-refractivity contribution >= 4 is 5.91 Å². The molecule has 446 valence electrons. The van der Waals surface area contributed by atoms with Crippen LogP contribution in [0.15, 0.2) is 158 Å². The van der Waals surface area contributed by atoms with Gasteiger partial charge in [0.15, 0.2) is 6.29 Å². The van der Waals surface area contributed by atoms with Gasteiger partial charge in [-0.2, -0.15) is 0 Å². The van der Waals surface area contributed by atoms with Gasteiger partial charge in [-0.25, -0.2) is 0 Å². The number of allylic oxidation sites excluding steroid dienone is 25. The van der Waals surface area contributed by atoms with E-state index in [1.165, 1.54) is 83.5 Å². The third-order valence-electron chi connectivity index (χ3n) is 13.6. The van der Waals surface area contributed by atoms with Crippen molar-refractivity contribution in [2.45, 2.75) is 262 Å². The number of hydrogen-bond donors (Lipinski definition) is 6. The molecular formula is C70H113NO8. The highest BCUT2D eigenvalue weighted by molar-refractivity contribution is 5.76. The molecule has 0 bridgehead atoms. The van der Waals surface area contributed by atoms with Gasteiger partial charge in [0, 0.05) is 6.42 Å². The highest BCUT2D eigenvalue weighted by Gasteiger charge is 2.44. The van der Waals surface area contributed by atoms with Gasteiger partial charge in [-0.3, -0.25) is 4.79 Å². The lowest BCUT2D eigenvalue weighted by Gasteiger charge is -2.40. The SMILES string of the molecule is CC/C=C\C/C=C\C/C=C\C/C=C\C/C=C\C/C=C\C/C=C\C/C=C\C/C=C\C/C=C\C/C=C\C/C=C\CCCCC(=O)NC(COC1OC(CO)C(O)C(O)C1O)C(O)/C=C/CCCCCCCCCCCCCCCCC. The Balaban J connectivity index is 2.24. The second-order valence-electron chi connectivity index (χ2n) is 20.8. The predicted octanol–water partition coefficient (Wildman–Crippen LogP) is 16.4. The monoisotopic (exact) mass is 1100 g/mol. The molecule has 7 unspecified atom stereocenters. The fourth-order valence-corrected chi connectivity index (χ4v) is 8.72. The summed E-state index contributed by atoms with van der Waals surface area (Å²) < 4.78 is 11.2. The maximum atomic E-state index is 13.1. The van der Waals surface area contributed by atoms with Crippen LogP contribution in [0.2, 0.25) is 0 Å². The number of carbonyl (C=O) groups excluding carboxylic acids is 1. The molecule has 0 spiro atoms. The zero-order valence-corrected chi connectivity index (χ0v) is 49.6. The second-order valence-corrected chi connectivity index (χ2v) is 20.8. The number of aliphatic hydroxyl groups is 5. The number of ether oxygens (including phenoxy) is 2. The van der Waals surface area contributed by atoms with Crippen molar-refractivity contribution in [3.05, 3.63) is 158 Å². The maximum Gasteiger partial charge on any atom is 0.220 e. The van der Waals surface area contributed by atoms with Crippen LogP contribution in [0, 0.1) is 0 Å². The minimum Gasteiger partial charge on any atom is -0.394 e. The number of nitrogens with one attached hydrogen (secondary N) is 1. The summed E-state index contributed by atoms with van der Waals surface area (Å²) in [4.78, 5) is 13.1. The Morgan fingerprint density at radius 3 is 1.16 bits per heavy atom. The van der Waals surface area contributed by atoms with Crippen LogP contribution in [-0.2, 0) is 14.3 Å². The van der Waals surface area contributed by atoms with E-state index >= 15 is 0 Å². The molecule has 9 heteroatoms. The van der Waals surface area contributed by atoms with Gasteiger partial charge in [-0.15, -0.1) is 0 Å². The highest BCUT2D eigenvalue weighted by atomic mass is 16.7. The number of unbranched alkanes of at least 4 members (excludes halogenated alkanes) is 17. The largest absolute Gasteiger partial charge is 0.394 e. The van der Waals surface area contributed by atoms with Crippen LogP contribution in [0.4, 0.5) is 0 Å². The quantitative estimate of drug-likeness (QED) is 0.0261. The second kappa shape index (κ2) is 57.1. The molecule has 9 nitrogen and oxygen atoms in total. The summed E-state index contributed by atoms with van der Waals surface area (Å²) in [5.41, 5.74) is 0. The van der Waals surface area contributed by atoms with Gasteiger partial charge in [0.1, 0.15) is 24.4 Å². The Morgan fingerprint density at radius 2 is 0.785 bits per heavy atom. The number of hydrogen-bond acceptors (Lipinski definition) is 8. The van der Waals surface area contributed by atoms with Crippen LogP contribution in [0.5, 0.6) is 0 Å². The Hall–Kier alpha value is -4.19. The first-order chi connectivity index (χ1) is 38.8. The van der Waals surface area contributed by atoms with E-state index in [4.69, 9.17) is 9.47 Å². The summed E-state index contributed by atoms with van der Waals surface area (Å²) in [5, 5.41) is 54.5. The first kappa shape index (κ1) is 72.8. The molecule has 0 aromatic heterocycles. The normalized spacial score (nSPS) is 19.7. The summed E-state index contributed by atoms with van der Waals surface area (Å²) in [7, 11) is 0. The zero-order chi connectivity index (χ0) is 57.2. The Labute approximate surface area is 482 Å². The summed E-state index contributed by atoms with van der Waals surface area (Å²) in [6, 6.07) is -0.840. The van der Waals surface area contributed by atoms with Crippen LogP contribution in [0.25, 0.3) is 0 Å². The molecule has 79 heavy (non-hydrogen) atoms. The van der Waals surface area contributed by atoms with E-state index in [2.05, 4.69) is 165 Å². The number of aliphatic hydroxyl groups excluding tert-OH is 5. The molecule has 7 atom stereocenters.